The molecule has 0 amide bonds. The van der Waals surface area contributed by atoms with Gasteiger partial charge in [0.05, 0.1) is 0 Å². The summed E-state index contributed by atoms with van der Waals surface area (Å²) >= 11 is 1.46. The van der Waals surface area contributed by atoms with Gasteiger partial charge in [-0.15, -0.1) is 9.05 Å². The van der Waals surface area contributed by atoms with Gasteiger partial charge in [0.25, 0.3) is 0 Å². The van der Waals surface area contributed by atoms with Crippen molar-refractivity contribution in [3.8, 4) is 0 Å². The van der Waals surface area contributed by atoms with Gasteiger partial charge in [-0.3, -0.25) is 4.21 Å². The zero-order chi connectivity index (χ0) is 8.08. The molecule has 11 heavy (non-hydrogen) atoms. The van der Waals surface area contributed by atoms with E-state index in [0.717, 1.165) is 0 Å². The molecule has 0 aromatic heterocycles. The first-order chi connectivity index (χ1) is 3.73. The maximum atomic E-state index is 8.89. The minimum atomic E-state index is -4.33. The third-order valence-electron chi connectivity index (χ3n) is 0. The van der Waals surface area contributed by atoms with Crippen LogP contribution in [-0.2, 0) is 35.4 Å². The average Bonchev–Trinajstić information content (AvgIpc) is 1.19. The second-order valence-corrected chi connectivity index (χ2v) is 12.0. The molecule has 0 aromatic rings. The van der Waals surface area contributed by atoms with E-state index in [-0.39, 0.29) is 59.1 Å². The Morgan fingerprint density at radius 2 is 1.18 bits per heavy atom. The van der Waals surface area contributed by atoms with Gasteiger partial charge in [-0.2, -0.15) is 0 Å². The molecule has 0 saturated carbocycles. The van der Waals surface area contributed by atoms with Crippen LogP contribution >= 0.6 is 27.6 Å². The predicted octanol–water partition coefficient (Wildman–Crippen LogP) is -4.93. The maximum Gasteiger partial charge on any atom is 1.00 e. The Balaban J connectivity index is -0.0000000383. The van der Waals surface area contributed by atoms with Crippen LogP contribution in [0, 0.1) is 0 Å². The average molecular weight is 461 g/mol. The molecule has 0 aromatic carbocycles. The summed E-state index contributed by atoms with van der Waals surface area (Å²) in [6.07, 6.45) is 0. The first-order valence-corrected chi connectivity index (χ1v) is 11.4. The van der Waals surface area contributed by atoms with Gasteiger partial charge in [0.15, 0.2) is 0 Å². The monoisotopic (exact) mass is 460 g/mol. The van der Waals surface area contributed by atoms with Gasteiger partial charge in [-0.25, -0.2) is 0 Å². The van der Waals surface area contributed by atoms with E-state index >= 15 is 0 Å². The molecular formula is AuCl3Na2O3S2. The van der Waals surface area contributed by atoms with Crippen molar-refractivity contribution in [1.82, 2.24) is 0 Å². The third kappa shape index (κ3) is 129. The molecule has 0 aliphatic carbocycles. The summed E-state index contributed by atoms with van der Waals surface area (Å²) < 4.78 is 26.7. The van der Waals surface area contributed by atoms with Gasteiger partial charge in [-0.1, -0.05) is 0 Å². The molecule has 0 N–H and O–H groups in total. The standard InChI is InChI=1S/Au.3ClH.2Na.H2O3S2/c;;;;;;1-5(2,3)4/h;3*1H;;;(H2,1,2,3,4)/q+3;;;;2*+1;/p-5. The van der Waals surface area contributed by atoms with E-state index in [1.807, 2.05) is 0 Å². The van der Waals surface area contributed by atoms with Gasteiger partial charge in [-0.05, 0) is 11.2 Å². The van der Waals surface area contributed by atoms with Crippen molar-refractivity contribution in [3.63, 3.8) is 0 Å². The zero-order valence-corrected chi connectivity index (χ0v) is 15.5. The molecule has 3 nitrogen and oxygen atoms in total. The van der Waals surface area contributed by atoms with E-state index < -0.39 is 24.3 Å². The first kappa shape index (κ1) is 24.2. The first-order valence-electron chi connectivity index (χ1n) is 1.01. The molecule has 0 atom stereocenters. The van der Waals surface area contributed by atoms with Crippen molar-refractivity contribution >= 4 is 47.8 Å². The SMILES string of the molecule is O=S([O-])([O-])=S.[Cl][Au]([Cl])[Cl].[Na+].[Na+]. The van der Waals surface area contributed by atoms with Crippen LogP contribution in [-0.4, -0.2) is 13.3 Å². The summed E-state index contributed by atoms with van der Waals surface area (Å²) in [5.41, 5.74) is 0. The van der Waals surface area contributed by atoms with Gasteiger partial charge in [0, 0.05) is 0 Å². The smallest absolute Gasteiger partial charge is 1.00 e. The Labute approximate surface area is 132 Å². The van der Waals surface area contributed by atoms with Crippen molar-refractivity contribution in [2.75, 3.05) is 0 Å². The minimum absolute atomic E-state index is 0. The van der Waals surface area contributed by atoms with E-state index in [4.69, 9.17) is 40.9 Å². The van der Waals surface area contributed by atoms with Crippen LogP contribution in [0.25, 0.3) is 0 Å². The Kier molecular flexibility index (Phi) is 30.6. The van der Waals surface area contributed by atoms with Gasteiger partial charge < -0.3 is 9.11 Å². The fourth-order valence-corrected chi connectivity index (χ4v) is 0. The van der Waals surface area contributed by atoms with Crippen LogP contribution in [0.1, 0.15) is 0 Å². The fraction of sp³-hybridized carbons (Fsp3) is 0. The summed E-state index contributed by atoms with van der Waals surface area (Å²) in [5.74, 6) is 0. The molecule has 64 valence electrons. The molecule has 0 bridgehead atoms. The molecule has 0 fully saturated rings. The molecule has 0 radical (unpaired) electrons. The molecule has 0 heterocycles. The molecule has 0 unspecified atom stereocenters. The van der Waals surface area contributed by atoms with Gasteiger partial charge in [0.2, 0.25) is 0 Å². The molecule has 0 aliphatic heterocycles. The normalized spacial score (nSPS) is 9.36. The third-order valence-corrected chi connectivity index (χ3v) is 0. The summed E-state index contributed by atoms with van der Waals surface area (Å²) in [6, 6.07) is 0. The van der Waals surface area contributed by atoms with E-state index in [1.165, 1.54) is 0 Å². The summed E-state index contributed by atoms with van der Waals surface area (Å²) in [4.78, 5) is 0. The van der Waals surface area contributed by atoms with Crippen LogP contribution in [0.4, 0.5) is 0 Å². The molecular weight excluding hydrogens is 461 g/mol. The summed E-state index contributed by atoms with van der Waals surface area (Å²) in [5, 5.41) is 0. The topological polar surface area (TPSA) is 63.2 Å². The Morgan fingerprint density at radius 3 is 1.18 bits per heavy atom. The zero-order valence-electron chi connectivity index (χ0n) is 5.48. The summed E-state index contributed by atoms with van der Waals surface area (Å²) in [7, 11) is 10.5. The van der Waals surface area contributed by atoms with Crippen LogP contribution in [0.5, 0.6) is 0 Å². The maximum absolute atomic E-state index is 8.89. The van der Waals surface area contributed by atoms with E-state index in [0.29, 0.717) is 0 Å². The predicted molar refractivity (Wildman–Crippen MR) is 34.6 cm³/mol. The summed E-state index contributed by atoms with van der Waals surface area (Å²) in [6.45, 7) is 0. The van der Waals surface area contributed by atoms with Crippen molar-refractivity contribution in [2.45, 2.75) is 0 Å². The van der Waals surface area contributed by atoms with Crippen LogP contribution < -0.4 is 59.1 Å². The number of halogens is 3. The number of hydrogen-bond donors (Lipinski definition) is 0. The van der Waals surface area contributed by atoms with Crippen LogP contribution in [0.15, 0.2) is 0 Å². The molecule has 0 aliphatic rings. The Hall–Kier alpha value is 3.90. The van der Waals surface area contributed by atoms with Crippen molar-refractivity contribution in [1.29, 1.82) is 0 Å². The second-order valence-electron chi connectivity index (χ2n) is 0.537. The largest absolute Gasteiger partial charge is 1.00 e. The molecule has 0 saturated heterocycles. The van der Waals surface area contributed by atoms with Gasteiger partial charge in [0.1, 0.15) is 0 Å². The molecule has 11 heteroatoms. The Bertz CT molecular complexity index is 136. The van der Waals surface area contributed by atoms with Crippen LogP contribution in [0.2, 0.25) is 0 Å². The number of hydrogen-bond acceptors (Lipinski definition) is 4. The molecule has 0 rings (SSSR count). The fourth-order valence-electron chi connectivity index (χ4n) is 0. The second kappa shape index (κ2) is 13.9. The van der Waals surface area contributed by atoms with Crippen molar-refractivity contribution in [3.05, 3.63) is 0 Å². The minimum Gasteiger partial charge on any atom is 1.00 e. The van der Waals surface area contributed by atoms with Crippen molar-refractivity contribution < 1.29 is 87.6 Å². The van der Waals surface area contributed by atoms with Gasteiger partial charge >= 0.3 is 102 Å². The number of rotatable bonds is 0. The van der Waals surface area contributed by atoms with Crippen molar-refractivity contribution in [2.24, 2.45) is 0 Å². The quantitative estimate of drug-likeness (QED) is 0.340. The van der Waals surface area contributed by atoms with E-state index in [9.17, 15) is 0 Å². The van der Waals surface area contributed by atoms with Crippen LogP contribution in [0.3, 0.4) is 0 Å². The Morgan fingerprint density at radius 1 is 1.18 bits per heavy atom. The molecule has 0 spiro atoms. The van der Waals surface area contributed by atoms with E-state index in [1.54, 1.807) is 0 Å². The van der Waals surface area contributed by atoms with E-state index in [2.05, 4.69) is 11.2 Å².